The summed E-state index contributed by atoms with van der Waals surface area (Å²) in [4.78, 5) is 162. The lowest BCUT2D eigenvalue weighted by molar-refractivity contribution is -0.122. The molecule has 5 amide bonds. The standard InChI is InChI=1S/C23H30F2N4O2.C22H26F2N4O2.C22H28F2N4O2.2C21H26F2N4O2/c1-12(2)7-8-28-21-20(29-10-13(3)26(5)11-17(29)22(28)30)15-9-16(24)14(4)18(25)19(15)27(6)23(21)31;1-11-9-27-16(10-25(11)3)21(29)28(13-6-5-7-13)20-19(27)14-8-15(23)12(2)17(24)18(14)26(4)22(20)30;1-6-7-8-27-20-19(28-10-12(2)25(4)11-16(28)21(27)29)14-9-15(23)13(3)17(24)18(14)26(5)22(20)30;2*1-6-7-26-19-18(27-9-11(2)24(4)10-15(27)20(26)28)13-8-14(22)12(3)16(23)17(13)25(5)21(19)29/h9,12-13,17H,7-8,10-11H2,1-6H3;8,11,13,16H,5-7,9-10H2,1-4H3;9,12,16H,6-8,10-11H2,1-5H3;2*8,11,15H,6-7,9-10H2,1-5H3. The predicted molar refractivity (Wildman–Crippen MR) is 565 cm³/mol. The Morgan fingerprint density at radius 2 is 0.497 bits per heavy atom. The highest BCUT2D eigenvalue weighted by molar-refractivity contribution is 6.17. The molecule has 0 N–H and O–H groups in total. The fourth-order valence-corrected chi connectivity index (χ4v) is 23.4. The van der Waals surface area contributed by atoms with Crippen molar-refractivity contribution in [1.82, 2.24) is 47.3 Å². The lowest BCUT2D eigenvalue weighted by Gasteiger charge is -2.52. The van der Waals surface area contributed by atoms with E-state index in [2.05, 4.69) is 38.3 Å². The summed E-state index contributed by atoms with van der Waals surface area (Å²) in [7, 11) is 17.2. The van der Waals surface area contributed by atoms with Gasteiger partial charge in [0.2, 0.25) is 0 Å². The number of rotatable bonds is 11. The molecule has 5 aromatic carbocycles. The molecule has 1 aliphatic carbocycles. The number of aryl methyl sites for hydroxylation is 5. The summed E-state index contributed by atoms with van der Waals surface area (Å²) < 4.78 is 155. The first kappa shape index (κ1) is 108. The molecular weight excluding hydrogens is 1940 g/mol. The summed E-state index contributed by atoms with van der Waals surface area (Å²) in [6.07, 6.45) is 6.34. The van der Waals surface area contributed by atoms with Gasteiger partial charge < -0.3 is 71.8 Å². The summed E-state index contributed by atoms with van der Waals surface area (Å²) in [5.41, 5.74) is 1.24. The molecule has 10 aliphatic heterocycles. The van der Waals surface area contributed by atoms with Crippen molar-refractivity contribution in [2.75, 3.05) is 176 Å². The number of halogens is 10. The van der Waals surface area contributed by atoms with Crippen molar-refractivity contribution in [2.24, 2.45) is 41.2 Å². The van der Waals surface area contributed by atoms with Crippen LogP contribution in [0.4, 0.5) is 101 Å². The van der Waals surface area contributed by atoms with Gasteiger partial charge in [-0.15, -0.1) is 0 Å². The van der Waals surface area contributed by atoms with E-state index in [1.807, 2.05) is 115 Å². The second kappa shape index (κ2) is 40.7. The minimum atomic E-state index is -0.736. The Balaban J connectivity index is 0.000000127. The zero-order valence-electron chi connectivity index (χ0n) is 89.7. The molecule has 5 saturated heterocycles. The fourth-order valence-electron chi connectivity index (χ4n) is 23.4. The lowest BCUT2D eigenvalue weighted by atomic mass is 9.88. The van der Waals surface area contributed by atoms with E-state index in [0.717, 1.165) is 38.5 Å². The normalized spacial score (nSPS) is 22.6. The van der Waals surface area contributed by atoms with E-state index in [0.29, 0.717) is 166 Å². The van der Waals surface area contributed by atoms with Crippen LogP contribution in [-0.2, 0) is 59.2 Å². The molecule has 6 fully saturated rings. The molecular formula is C109H136F10N20O10. The summed E-state index contributed by atoms with van der Waals surface area (Å²) in [6, 6.07) is 4.71. The average Bonchev–Trinajstić information content (AvgIpc) is 0.718. The van der Waals surface area contributed by atoms with Crippen molar-refractivity contribution in [3.63, 3.8) is 0 Å². The molecule has 10 unspecified atom stereocenters. The predicted octanol–water partition coefficient (Wildman–Crippen LogP) is 13.1. The SMILES string of the molecule is CCCCN1C(=O)C2CN(C)C(C)CN2c2c1c(=O)n(C)c1c(F)c(C)c(F)cc21.CCCN1C(=O)C2CN(C)C(C)CN2c2c1c(=O)n(C)c1c(F)c(C)c(F)cc21.CCCN1C(=O)C2CN(C)C(C)CN2c2c1c(=O)n(C)c1c(F)c(C)c(F)cc21.Cc1c(F)cc2c3c(c(=O)n(C)c2c1F)N(C1CCC1)C(=O)C1CN(C)C(C)CN31.Cc1c(F)cc2c3c(c(=O)n(C)c2c1F)N(CCC(C)C)C(=O)C1CN(C)C(C)CN31. The van der Waals surface area contributed by atoms with Gasteiger partial charge in [-0.1, -0.05) is 41.0 Å². The van der Waals surface area contributed by atoms with Gasteiger partial charge in [-0.05, 0) is 186 Å². The van der Waals surface area contributed by atoms with Crippen LogP contribution in [-0.4, -0.2) is 270 Å². The molecule has 802 valence electrons. The van der Waals surface area contributed by atoms with Gasteiger partial charge in [-0.3, -0.25) is 72.4 Å². The van der Waals surface area contributed by atoms with Crippen LogP contribution in [0, 0.1) is 98.7 Å². The van der Waals surface area contributed by atoms with Crippen LogP contribution in [0.1, 0.15) is 148 Å². The molecule has 5 aromatic heterocycles. The van der Waals surface area contributed by atoms with Crippen molar-refractivity contribution < 1.29 is 67.9 Å². The Labute approximate surface area is 858 Å². The molecule has 0 spiro atoms. The molecule has 149 heavy (non-hydrogen) atoms. The van der Waals surface area contributed by atoms with Gasteiger partial charge in [0.15, 0.2) is 29.1 Å². The summed E-state index contributed by atoms with van der Waals surface area (Å²) in [6.45, 7) is 33.6. The van der Waals surface area contributed by atoms with Crippen molar-refractivity contribution in [3.05, 3.63) is 168 Å². The molecule has 15 heterocycles. The Bertz CT molecular complexity index is 7380. The molecule has 1 saturated carbocycles. The number of likely N-dealkylation sites (N-methyl/N-ethyl adjacent to an activating group) is 5. The minimum Gasteiger partial charge on any atom is -0.354 e. The van der Waals surface area contributed by atoms with E-state index in [-0.39, 0.29) is 150 Å². The first-order valence-corrected chi connectivity index (χ1v) is 51.8. The van der Waals surface area contributed by atoms with Gasteiger partial charge in [0.25, 0.3) is 57.3 Å². The quantitative estimate of drug-likeness (QED) is 0.109. The lowest BCUT2D eigenvalue weighted by Crippen LogP contribution is -2.67. The van der Waals surface area contributed by atoms with E-state index in [4.69, 9.17) is 0 Å². The molecule has 0 bridgehead atoms. The third kappa shape index (κ3) is 17.4. The Morgan fingerprint density at radius 3 is 0.711 bits per heavy atom. The maximum Gasteiger partial charge on any atom is 0.277 e. The number of hydrogen-bond donors (Lipinski definition) is 0. The van der Waals surface area contributed by atoms with Gasteiger partial charge >= 0.3 is 0 Å². The zero-order chi connectivity index (χ0) is 109. The number of anilines is 10. The van der Waals surface area contributed by atoms with Crippen molar-refractivity contribution in [3.8, 4) is 0 Å². The van der Waals surface area contributed by atoms with Gasteiger partial charge in [0.1, 0.15) is 87.7 Å². The highest BCUT2D eigenvalue weighted by atomic mass is 19.2. The third-order valence-corrected chi connectivity index (χ3v) is 33.5. The molecule has 21 rings (SSSR count). The molecule has 0 radical (unpaired) electrons. The number of amides is 5. The number of piperazine rings is 5. The fraction of sp³-hybridized carbons (Fsp3) is 0.541. The van der Waals surface area contributed by atoms with Crippen LogP contribution < -0.4 is 76.8 Å². The first-order chi connectivity index (χ1) is 70.3. The smallest absolute Gasteiger partial charge is 0.277 e. The number of unbranched alkanes of at least 4 members (excludes halogenated alkanes) is 1. The summed E-state index contributed by atoms with van der Waals surface area (Å²) in [5.74, 6) is -7.22. The van der Waals surface area contributed by atoms with Crippen LogP contribution in [0.25, 0.3) is 54.5 Å². The average molecular weight is 2080 g/mol. The van der Waals surface area contributed by atoms with Crippen LogP contribution in [0.15, 0.2) is 54.3 Å². The van der Waals surface area contributed by atoms with E-state index in [1.165, 1.54) is 133 Å². The van der Waals surface area contributed by atoms with Crippen molar-refractivity contribution in [1.29, 1.82) is 0 Å². The number of aromatic nitrogens is 5. The Hall–Kier alpha value is -12.4. The number of carbonyl (C=O) groups excluding carboxylic acids is 5. The number of pyridine rings is 5. The number of nitrogens with zero attached hydrogens (tertiary/aromatic N) is 20. The monoisotopic (exact) mass is 2080 g/mol. The number of carbonyl (C=O) groups is 5. The minimum absolute atomic E-state index is 0.0339. The van der Waals surface area contributed by atoms with Crippen LogP contribution in [0.5, 0.6) is 0 Å². The second-order valence-electron chi connectivity index (χ2n) is 43.3. The molecule has 11 aliphatic rings. The number of benzene rings is 5. The number of fused-ring (bicyclic) bond motifs is 25. The summed E-state index contributed by atoms with van der Waals surface area (Å²) >= 11 is 0. The first-order valence-electron chi connectivity index (χ1n) is 51.8. The molecule has 40 heteroatoms. The van der Waals surface area contributed by atoms with E-state index >= 15 is 22.0 Å². The van der Waals surface area contributed by atoms with Crippen LogP contribution in [0.2, 0.25) is 0 Å². The maximum atomic E-state index is 15.2. The van der Waals surface area contributed by atoms with Crippen molar-refractivity contribution >= 4 is 141 Å². The second-order valence-corrected chi connectivity index (χ2v) is 43.3. The van der Waals surface area contributed by atoms with Crippen LogP contribution in [0.3, 0.4) is 0 Å². The van der Waals surface area contributed by atoms with Crippen molar-refractivity contribution in [2.45, 2.75) is 222 Å². The van der Waals surface area contributed by atoms with Gasteiger partial charge in [0, 0.05) is 218 Å². The number of hydrogen-bond acceptors (Lipinski definition) is 20. The zero-order valence-corrected chi connectivity index (χ0v) is 89.7. The molecule has 10 aromatic rings. The van der Waals surface area contributed by atoms with Gasteiger partial charge in [0.05, 0.1) is 56.0 Å². The summed E-state index contributed by atoms with van der Waals surface area (Å²) in [5, 5.41) is 1.69. The Morgan fingerprint density at radius 1 is 0.282 bits per heavy atom. The maximum absolute atomic E-state index is 15.2. The van der Waals surface area contributed by atoms with E-state index in [9.17, 15) is 69.9 Å². The van der Waals surface area contributed by atoms with E-state index in [1.54, 1.807) is 14.7 Å². The third-order valence-electron chi connectivity index (χ3n) is 33.5. The topological polar surface area (TPSA) is 244 Å². The highest BCUT2D eigenvalue weighted by Crippen LogP contribution is 2.51. The molecule has 10 atom stereocenters. The molecule has 30 nitrogen and oxygen atoms in total. The Kier molecular flexibility index (Phi) is 29.5. The van der Waals surface area contributed by atoms with Gasteiger partial charge in [-0.25, -0.2) is 43.9 Å². The van der Waals surface area contributed by atoms with Crippen LogP contribution >= 0.6 is 0 Å². The largest absolute Gasteiger partial charge is 0.354 e. The highest BCUT2D eigenvalue weighted by Gasteiger charge is 2.54. The van der Waals surface area contributed by atoms with Gasteiger partial charge in [-0.2, -0.15) is 0 Å². The van der Waals surface area contributed by atoms with E-state index < -0.39 is 116 Å².